The van der Waals surface area contributed by atoms with E-state index in [2.05, 4.69) is 181 Å². The highest BCUT2D eigenvalue weighted by molar-refractivity contribution is 7.99. The Kier molecular flexibility index (Phi) is 6.67. The first-order valence-corrected chi connectivity index (χ1v) is 19.9. The van der Waals surface area contributed by atoms with Crippen LogP contribution in [0.3, 0.4) is 0 Å². The summed E-state index contributed by atoms with van der Waals surface area (Å²) in [5.74, 6) is 0. The molecule has 0 saturated heterocycles. The minimum Gasteiger partial charge on any atom is -0.456 e. The normalized spacial score (nSPS) is 14.0. The molecule has 8 aromatic carbocycles. The van der Waals surface area contributed by atoms with Gasteiger partial charge in [-0.2, -0.15) is 0 Å². The lowest BCUT2D eigenvalue weighted by Crippen LogP contribution is -2.31. The lowest BCUT2D eigenvalue weighted by atomic mass is 9.67. The third-order valence-electron chi connectivity index (χ3n) is 12.0. The molecule has 1 spiro atoms. The summed E-state index contributed by atoms with van der Waals surface area (Å²) >= 11 is 1.88. The summed E-state index contributed by atoms with van der Waals surface area (Å²) in [6, 6.07) is 64.6. The van der Waals surface area contributed by atoms with E-state index in [-0.39, 0.29) is 0 Å². The van der Waals surface area contributed by atoms with Gasteiger partial charge >= 0.3 is 0 Å². The van der Waals surface area contributed by atoms with Crippen LogP contribution in [0.25, 0.3) is 66.1 Å². The molecule has 56 heavy (non-hydrogen) atoms. The first-order chi connectivity index (χ1) is 27.7. The van der Waals surface area contributed by atoms with E-state index in [0.717, 1.165) is 44.3 Å². The number of benzene rings is 8. The summed E-state index contributed by atoms with van der Waals surface area (Å²) in [5.41, 5.74) is 16.1. The average molecular weight is 732 g/mol. The van der Waals surface area contributed by atoms with E-state index < -0.39 is 5.41 Å². The van der Waals surface area contributed by atoms with Gasteiger partial charge in [-0.1, -0.05) is 152 Å². The van der Waals surface area contributed by atoms with Crippen LogP contribution >= 0.6 is 11.8 Å². The SMILES string of the molecule is C=C/C=C(/c1ccc2oc3ccccc3c2c1)c1ccccc1-n1c2ccccc2c2cc3c(cc21)C1(c2ccccc2Sc2ccccc21)c1ccccc1-3. The number of nitrogens with zero attached hydrogens (tertiary/aromatic N) is 1. The maximum atomic E-state index is 6.24. The Morgan fingerprint density at radius 3 is 2.00 bits per heavy atom. The van der Waals surface area contributed by atoms with Gasteiger partial charge in [0.2, 0.25) is 0 Å². The fourth-order valence-corrected chi connectivity index (χ4v) is 11.0. The number of hydrogen-bond acceptors (Lipinski definition) is 2. The van der Waals surface area contributed by atoms with Gasteiger partial charge < -0.3 is 8.98 Å². The second-order valence-corrected chi connectivity index (χ2v) is 15.9. The van der Waals surface area contributed by atoms with E-state index in [1.165, 1.54) is 65.0 Å². The standard InChI is InChI=1S/C53H33NOS/c1-2-15-34(33-28-29-50-41(30-33)38-19-6-12-25-49(38)55-50)36-17-4-10-23-46(36)54-47-24-11-5-18-37(47)40-31-39-35-16-3-7-20-42(35)53(45(39)32-48(40)54)43-21-8-13-26-51(43)56-52-27-14-9-22-44(52)53/h2-32H,1H2/b34-15-. The Hall–Kier alpha value is -6.81. The van der Waals surface area contributed by atoms with Gasteiger partial charge in [-0.05, 0) is 99.1 Å². The van der Waals surface area contributed by atoms with Crippen molar-refractivity contribution in [2.75, 3.05) is 0 Å². The summed E-state index contributed by atoms with van der Waals surface area (Å²) < 4.78 is 8.73. The molecule has 1 aliphatic carbocycles. The van der Waals surface area contributed by atoms with Gasteiger partial charge in [0.1, 0.15) is 11.2 Å². The van der Waals surface area contributed by atoms with Crippen molar-refractivity contribution in [3.05, 3.63) is 228 Å². The Morgan fingerprint density at radius 2 is 1.18 bits per heavy atom. The molecule has 0 atom stereocenters. The molecule has 3 heterocycles. The molecule has 0 amide bonds. The van der Waals surface area contributed by atoms with Crippen molar-refractivity contribution >= 4 is 61.1 Å². The monoisotopic (exact) mass is 731 g/mol. The molecule has 2 nitrogen and oxygen atoms in total. The van der Waals surface area contributed by atoms with Gasteiger partial charge in [0, 0.05) is 36.9 Å². The molecule has 0 fully saturated rings. The number of aromatic nitrogens is 1. The molecule has 2 aliphatic rings. The summed E-state index contributed by atoms with van der Waals surface area (Å²) in [5, 5.41) is 4.70. The highest BCUT2D eigenvalue weighted by Gasteiger charge is 2.50. The highest BCUT2D eigenvalue weighted by atomic mass is 32.2. The maximum absolute atomic E-state index is 6.24. The Bertz CT molecular complexity index is 3270. The zero-order valence-electron chi connectivity index (χ0n) is 30.4. The van der Waals surface area contributed by atoms with E-state index in [9.17, 15) is 0 Å². The van der Waals surface area contributed by atoms with Crippen molar-refractivity contribution in [1.29, 1.82) is 0 Å². The smallest absolute Gasteiger partial charge is 0.135 e. The van der Waals surface area contributed by atoms with Crippen LogP contribution in [0.5, 0.6) is 0 Å². The van der Waals surface area contributed by atoms with Crippen molar-refractivity contribution in [3.8, 4) is 16.8 Å². The number of allylic oxidation sites excluding steroid dienone is 2. The van der Waals surface area contributed by atoms with E-state index >= 15 is 0 Å². The molecular weight excluding hydrogens is 699 g/mol. The minimum absolute atomic E-state index is 0.462. The van der Waals surface area contributed by atoms with Crippen LogP contribution in [-0.2, 0) is 5.41 Å². The second kappa shape index (κ2) is 11.8. The van der Waals surface area contributed by atoms with Crippen molar-refractivity contribution in [2.45, 2.75) is 15.2 Å². The van der Waals surface area contributed by atoms with Crippen molar-refractivity contribution in [3.63, 3.8) is 0 Å². The summed E-state index contributed by atoms with van der Waals surface area (Å²) in [6.07, 6.45) is 4.05. The molecule has 2 aromatic heterocycles. The lowest BCUT2D eigenvalue weighted by Gasteiger charge is -2.39. The van der Waals surface area contributed by atoms with Crippen molar-refractivity contribution in [2.24, 2.45) is 0 Å². The summed E-state index contributed by atoms with van der Waals surface area (Å²) in [4.78, 5) is 2.61. The molecule has 0 saturated carbocycles. The van der Waals surface area contributed by atoms with Gasteiger partial charge in [-0.25, -0.2) is 0 Å². The summed E-state index contributed by atoms with van der Waals surface area (Å²) in [7, 11) is 0. The summed E-state index contributed by atoms with van der Waals surface area (Å²) in [6.45, 7) is 4.19. The van der Waals surface area contributed by atoms with Gasteiger partial charge in [0.05, 0.1) is 22.1 Å². The molecule has 10 aromatic rings. The molecule has 0 unspecified atom stereocenters. The van der Waals surface area contributed by atoms with Crippen LogP contribution < -0.4 is 0 Å². The third kappa shape index (κ3) is 4.18. The number of hydrogen-bond donors (Lipinski definition) is 0. The Labute approximate surface area is 328 Å². The van der Waals surface area contributed by atoms with E-state index in [0.29, 0.717) is 0 Å². The number of para-hydroxylation sites is 3. The molecule has 1 aliphatic heterocycles. The third-order valence-corrected chi connectivity index (χ3v) is 13.2. The maximum Gasteiger partial charge on any atom is 0.135 e. The van der Waals surface area contributed by atoms with Crippen LogP contribution in [0, 0.1) is 0 Å². The van der Waals surface area contributed by atoms with Crippen molar-refractivity contribution in [1.82, 2.24) is 4.57 Å². The van der Waals surface area contributed by atoms with E-state index in [1.54, 1.807) is 0 Å². The van der Waals surface area contributed by atoms with Crippen LogP contribution in [-0.4, -0.2) is 4.57 Å². The average Bonchev–Trinajstić information content (AvgIpc) is 3.88. The van der Waals surface area contributed by atoms with Gasteiger partial charge in [0.15, 0.2) is 0 Å². The van der Waals surface area contributed by atoms with Crippen LogP contribution in [0.1, 0.15) is 33.4 Å². The predicted molar refractivity (Wildman–Crippen MR) is 233 cm³/mol. The molecule has 12 rings (SSSR count). The molecule has 3 heteroatoms. The van der Waals surface area contributed by atoms with Crippen LogP contribution in [0.4, 0.5) is 0 Å². The zero-order valence-corrected chi connectivity index (χ0v) is 31.2. The lowest BCUT2D eigenvalue weighted by molar-refractivity contribution is 0.669. The second-order valence-electron chi connectivity index (χ2n) is 14.8. The van der Waals surface area contributed by atoms with Gasteiger partial charge in [0.25, 0.3) is 0 Å². The Morgan fingerprint density at radius 1 is 0.518 bits per heavy atom. The minimum atomic E-state index is -0.462. The van der Waals surface area contributed by atoms with Gasteiger partial charge in [-0.15, -0.1) is 0 Å². The molecule has 262 valence electrons. The Balaban J connectivity index is 1.16. The fourth-order valence-electron chi connectivity index (χ4n) is 9.82. The van der Waals surface area contributed by atoms with Crippen LogP contribution in [0.2, 0.25) is 0 Å². The molecule has 0 N–H and O–H groups in total. The first kappa shape index (κ1) is 31.5. The number of fused-ring (bicyclic) bond motifs is 15. The predicted octanol–water partition coefficient (Wildman–Crippen LogP) is 14.1. The highest BCUT2D eigenvalue weighted by Crippen LogP contribution is 2.62. The van der Waals surface area contributed by atoms with E-state index in [1.807, 2.05) is 30.0 Å². The quantitative estimate of drug-likeness (QED) is 0.168. The molecule has 0 radical (unpaired) electrons. The topological polar surface area (TPSA) is 18.1 Å². The number of rotatable bonds is 4. The van der Waals surface area contributed by atoms with Crippen LogP contribution in [0.15, 0.2) is 209 Å². The van der Waals surface area contributed by atoms with Gasteiger partial charge in [-0.3, -0.25) is 0 Å². The van der Waals surface area contributed by atoms with E-state index in [4.69, 9.17) is 4.42 Å². The fraction of sp³-hybridized carbons (Fsp3) is 0.0189. The first-order valence-electron chi connectivity index (χ1n) is 19.1. The van der Waals surface area contributed by atoms with Crippen molar-refractivity contribution < 1.29 is 4.42 Å². The molecule has 0 bridgehead atoms. The number of furan rings is 1. The largest absolute Gasteiger partial charge is 0.456 e. The zero-order chi connectivity index (χ0) is 37.0. The molecular formula is C53H33NOS.